The third kappa shape index (κ3) is 1.69. The standard InChI is InChI=1S/C11H9N3OS2/c1-5-9(16-6(2)14-5)8-3-7-10(17-8)11(15)13-4-12-7/h3-4H,1-2H3,(H,12,13,15). The number of nitrogens with zero attached hydrogens (tertiary/aromatic N) is 2. The van der Waals surface area contributed by atoms with Gasteiger partial charge in [-0.1, -0.05) is 0 Å². The lowest BCUT2D eigenvalue weighted by Crippen LogP contribution is -2.02. The summed E-state index contributed by atoms with van der Waals surface area (Å²) < 4.78 is 0.674. The Balaban J connectivity index is 2.29. The third-order valence-electron chi connectivity index (χ3n) is 2.45. The molecule has 6 heteroatoms. The molecule has 3 aromatic heterocycles. The molecule has 0 saturated carbocycles. The number of H-pyrrole nitrogens is 1. The molecular weight excluding hydrogens is 254 g/mol. The highest BCUT2D eigenvalue weighted by atomic mass is 32.1. The zero-order chi connectivity index (χ0) is 12.0. The molecule has 0 aliphatic rings. The van der Waals surface area contributed by atoms with E-state index in [4.69, 9.17) is 0 Å². The molecule has 0 unspecified atom stereocenters. The molecule has 0 aliphatic carbocycles. The van der Waals surface area contributed by atoms with E-state index in [0.29, 0.717) is 4.70 Å². The maximum absolute atomic E-state index is 11.6. The van der Waals surface area contributed by atoms with Gasteiger partial charge < -0.3 is 4.98 Å². The van der Waals surface area contributed by atoms with E-state index < -0.39 is 0 Å². The number of aryl methyl sites for hydroxylation is 2. The van der Waals surface area contributed by atoms with Crippen molar-refractivity contribution in [1.82, 2.24) is 15.0 Å². The van der Waals surface area contributed by atoms with E-state index in [1.165, 1.54) is 17.7 Å². The Kier molecular flexibility index (Phi) is 2.34. The summed E-state index contributed by atoms with van der Waals surface area (Å²) in [4.78, 5) is 25.0. The Morgan fingerprint density at radius 1 is 1.29 bits per heavy atom. The first-order chi connectivity index (χ1) is 8.15. The van der Waals surface area contributed by atoms with Gasteiger partial charge in [-0.05, 0) is 19.9 Å². The van der Waals surface area contributed by atoms with E-state index in [0.717, 1.165) is 26.0 Å². The van der Waals surface area contributed by atoms with Crippen LogP contribution in [-0.2, 0) is 0 Å². The largest absolute Gasteiger partial charge is 0.312 e. The van der Waals surface area contributed by atoms with Crippen molar-refractivity contribution in [2.24, 2.45) is 0 Å². The lowest BCUT2D eigenvalue weighted by atomic mass is 10.3. The minimum absolute atomic E-state index is 0.0786. The fourth-order valence-corrected chi connectivity index (χ4v) is 3.82. The van der Waals surface area contributed by atoms with Crippen molar-refractivity contribution >= 4 is 32.9 Å². The Bertz CT molecular complexity index is 754. The van der Waals surface area contributed by atoms with Crippen LogP contribution in [0, 0.1) is 13.8 Å². The van der Waals surface area contributed by atoms with Gasteiger partial charge in [-0.2, -0.15) is 0 Å². The van der Waals surface area contributed by atoms with Crippen molar-refractivity contribution in [3.8, 4) is 9.75 Å². The van der Waals surface area contributed by atoms with Gasteiger partial charge in [-0.25, -0.2) is 9.97 Å². The summed E-state index contributed by atoms with van der Waals surface area (Å²) in [5, 5.41) is 1.04. The molecule has 0 aliphatic heterocycles. The zero-order valence-corrected chi connectivity index (χ0v) is 10.9. The van der Waals surface area contributed by atoms with Crippen molar-refractivity contribution in [3.05, 3.63) is 33.4 Å². The van der Waals surface area contributed by atoms with Crippen LogP contribution in [0.3, 0.4) is 0 Å². The molecule has 0 aromatic carbocycles. The fraction of sp³-hybridized carbons (Fsp3) is 0.182. The second kappa shape index (κ2) is 3.75. The summed E-state index contributed by atoms with van der Waals surface area (Å²) in [6.07, 6.45) is 1.44. The van der Waals surface area contributed by atoms with Crippen LogP contribution in [0.4, 0.5) is 0 Å². The number of thiophene rings is 1. The van der Waals surface area contributed by atoms with Gasteiger partial charge in [0.05, 0.1) is 27.4 Å². The van der Waals surface area contributed by atoms with Crippen LogP contribution < -0.4 is 5.56 Å². The maximum Gasteiger partial charge on any atom is 0.268 e. The first kappa shape index (κ1) is 10.6. The van der Waals surface area contributed by atoms with E-state index in [1.807, 2.05) is 19.9 Å². The van der Waals surface area contributed by atoms with E-state index in [2.05, 4.69) is 15.0 Å². The minimum Gasteiger partial charge on any atom is -0.312 e. The molecule has 3 heterocycles. The molecule has 0 bridgehead atoms. The smallest absolute Gasteiger partial charge is 0.268 e. The number of aromatic nitrogens is 3. The summed E-state index contributed by atoms with van der Waals surface area (Å²) in [6.45, 7) is 3.97. The number of nitrogens with one attached hydrogen (secondary N) is 1. The molecule has 0 amide bonds. The monoisotopic (exact) mass is 263 g/mol. The quantitative estimate of drug-likeness (QED) is 0.734. The van der Waals surface area contributed by atoms with Crippen LogP contribution in [0.15, 0.2) is 17.2 Å². The van der Waals surface area contributed by atoms with Gasteiger partial charge in [0.2, 0.25) is 0 Å². The van der Waals surface area contributed by atoms with Crippen molar-refractivity contribution < 1.29 is 0 Å². The Morgan fingerprint density at radius 2 is 2.12 bits per heavy atom. The predicted molar refractivity (Wildman–Crippen MR) is 70.8 cm³/mol. The first-order valence-corrected chi connectivity index (χ1v) is 6.70. The predicted octanol–water partition coefficient (Wildman–Crippen LogP) is 2.72. The van der Waals surface area contributed by atoms with E-state index >= 15 is 0 Å². The zero-order valence-electron chi connectivity index (χ0n) is 9.27. The van der Waals surface area contributed by atoms with Gasteiger partial charge in [-0.15, -0.1) is 22.7 Å². The minimum atomic E-state index is -0.0786. The number of hydrogen-bond donors (Lipinski definition) is 1. The maximum atomic E-state index is 11.6. The highest BCUT2D eigenvalue weighted by Gasteiger charge is 2.12. The summed E-state index contributed by atoms with van der Waals surface area (Å²) in [5.74, 6) is 0. The van der Waals surface area contributed by atoms with E-state index in [-0.39, 0.29) is 5.56 Å². The molecule has 0 fully saturated rings. The Labute approximate surface area is 105 Å². The van der Waals surface area contributed by atoms with Crippen LogP contribution in [-0.4, -0.2) is 15.0 Å². The number of fused-ring (bicyclic) bond motifs is 1. The summed E-state index contributed by atoms with van der Waals surface area (Å²) in [6, 6.07) is 1.95. The topological polar surface area (TPSA) is 58.6 Å². The van der Waals surface area contributed by atoms with Crippen LogP contribution >= 0.6 is 22.7 Å². The van der Waals surface area contributed by atoms with Gasteiger partial charge in [-0.3, -0.25) is 4.79 Å². The second-order valence-corrected chi connectivity index (χ2v) is 5.96. The lowest BCUT2D eigenvalue weighted by Gasteiger charge is -1.89. The van der Waals surface area contributed by atoms with Crippen molar-refractivity contribution in [3.63, 3.8) is 0 Å². The lowest BCUT2D eigenvalue weighted by molar-refractivity contribution is 1.18. The summed E-state index contributed by atoms with van der Waals surface area (Å²) in [7, 11) is 0. The van der Waals surface area contributed by atoms with Crippen LogP contribution in [0.1, 0.15) is 10.7 Å². The molecule has 3 aromatic rings. The van der Waals surface area contributed by atoms with E-state index in [9.17, 15) is 4.79 Å². The number of rotatable bonds is 1. The normalized spacial score (nSPS) is 11.2. The molecule has 1 N–H and O–H groups in total. The van der Waals surface area contributed by atoms with Crippen molar-refractivity contribution in [2.45, 2.75) is 13.8 Å². The van der Waals surface area contributed by atoms with Gasteiger partial charge in [0.15, 0.2) is 0 Å². The molecule has 3 rings (SSSR count). The second-order valence-electron chi connectivity index (χ2n) is 3.70. The number of thiazole rings is 1. The Hall–Kier alpha value is -1.53. The van der Waals surface area contributed by atoms with Crippen LogP contribution in [0.25, 0.3) is 20.0 Å². The molecule has 0 spiro atoms. The number of aromatic amines is 1. The molecule has 0 atom stereocenters. The summed E-state index contributed by atoms with van der Waals surface area (Å²) >= 11 is 3.12. The average Bonchev–Trinajstić information content (AvgIpc) is 2.82. The van der Waals surface area contributed by atoms with Crippen molar-refractivity contribution in [2.75, 3.05) is 0 Å². The molecular formula is C11H9N3OS2. The highest BCUT2D eigenvalue weighted by Crippen LogP contribution is 2.36. The number of hydrogen-bond acceptors (Lipinski definition) is 5. The molecule has 0 radical (unpaired) electrons. The van der Waals surface area contributed by atoms with Crippen LogP contribution in [0.5, 0.6) is 0 Å². The molecule has 0 saturated heterocycles. The molecule has 17 heavy (non-hydrogen) atoms. The van der Waals surface area contributed by atoms with Gasteiger partial charge in [0.1, 0.15) is 4.70 Å². The van der Waals surface area contributed by atoms with Crippen molar-refractivity contribution in [1.29, 1.82) is 0 Å². The third-order valence-corrected chi connectivity index (χ3v) is 4.82. The molecule has 4 nitrogen and oxygen atoms in total. The summed E-state index contributed by atoms with van der Waals surface area (Å²) in [5.41, 5.74) is 1.68. The van der Waals surface area contributed by atoms with Gasteiger partial charge >= 0.3 is 0 Å². The SMILES string of the molecule is Cc1nc(C)c(-c2cc3nc[nH]c(=O)c3s2)s1. The van der Waals surface area contributed by atoms with E-state index in [1.54, 1.807) is 11.3 Å². The highest BCUT2D eigenvalue weighted by molar-refractivity contribution is 7.26. The van der Waals surface area contributed by atoms with Crippen LogP contribution in [0.2, 0.25) is 0 Å². The average molecular weight is 263 g/mol. The Morgan fingerprint density at radius 3 is 2.76 bits per heavy atom. The van der Waals surface area contributed by atoms with Gasteiger partial charge in [0, 0.05) is 4.88 Å². The van der Waals surface area contributed by atoms with Gasteiger partial charge in [0.25, 0.3) is 5.56 Å². The molecule has 86 valence electrons. The fourth-order valence-electron chi connectivity index (χ4n) is 1.74. The first-order valence-electron chi connectivity index (χ1n) is 5.07.